The van der Waals surface area contributed by atoms with E-state index in [1.165, 1.54) is 12.1 Å². The molecule has 7 heteroatoms. The molecule has 4 rings (SSSR count). The van der Waals surface area contributed by atoms with Crippen LogP contribution in [-0.2, 0) is 0 Å². The molecule has 0 bridgehead atoms. The molecule has 6 nitrogen and oxygen atoms in total. The molecule has 162 valence electrons. The number of pyridine rings is 1. The highest BCUT2D eigenvalue weighted by atomic mass is 19.1. The standard InChI is InChI=1S/C25H23FN4O2/c1-16-14-29(15-28-16)22-11-8-19(13-23(22)32-3)24(27)21-5-4-12-30(25(21)31)17(2)18-6-9-20(26)10-7-18/h4-15,17,27H,1-3H3. The normalized spacial score (nSPS) is 11.9. The van der Waals surface area contributed by atoms with Crippen molar-refractivity contribution in [2.45, 2.75) is 19.9 Å². The fourth-order valence-electron chi connectivity index (χ4n) is 3.66. The van der Waals surface area contributed by atoms with E-state index in [1.807, 2.05) is 30.7 Å². The van der Waals surface area contributed by atoms with Gasteiger partial charge in [-0.05, 0) is 55.8 Å². The van der Waals surface area contributed by atoms with Crippen LogP contribution in [0.3, 0.4) is 0 Å². The summed E-state index contributed by atoms with van der Waals surface area (Å²) in [6, 6.07) is 14.5. The third-order valence-corrected chi connectivity index (χ3v) is 5.47. The Morgan fingerprint density at radius 2 is 1.91 bits per heavy atom. The zero-order chi connectivity index (χ0) is 22.8. The van der Waals surface area contributed by atoms with Crippen LogP contribution in [0.1, 0.15) is 35.3 Å². The molecule has 2 aromatic carbocycles. The van der Waals surface area contributed by atoms with Crippen LogP contribution in [0, 0.1) is 18.2 Å². The molecule has 1 unspecified atom stereocenters. The highest BCUT2D eigenvalue weighted by Gasteiger charge is 2.17. The summed E-state index contributed by atoms with van der Waals surface area (Å²) >= 11 is 0. The van der Waals surface area contributed by atoms with E-state index >= 15 is 0 Å². The summed E-state index contributed by atoms with van der Waals surface area (Å²) in [6.07, 6.45) is 5.26. The van der Waals surface area contributed by atoms with Gasteiger partial charge in [-0.1, -0.05) is 18.2 Å². The highest BCUT2D eigenvalue weighted by Crippen LogP contribution is 2.25. The molecule has 1 atom stereocenters. The first-order chi connectivity index (χ1) is 15.4. The highest BCUT2D eigenvalue weighted by molar-refractivity contribution is 6.11. The fraction of sp³-hybridized carbons (Fsp3) is 0.160. The van der Waals surface area contributed by atoms with Crippen LogP contribution in [0.15, 0.2) is 78.1 Å². The molecule has 0 aliphatic heterocycles. The number of ether oxygens (including phenoxy) is 1. The van der Waals surface area contributed by atoms with Crippen molar-refractivity contribution in [1.29, 1.82) is 5.41 Å². The van der Waals surface area contributed by atoms with Crippen molar-refractivity contribution in [3.63, 3.8) is 0 Å². The Bertz CT molecular complexity index is 1340. The van der Waals surface area contributed by atoms with Crippen molar-refractivity contribution in [2.75, 3.05) is 7.11 Å². The van der Waals surface area contributed by atoms with Crippen LogP contribution in [-0.4, -0.2) is 26.9 Å². The first-order valence-corrected chi connectivity index (χ1v) is 10.1. The minimum Gasteiger partial charge on any atom is -0.495 e. The number of nitrogens with one attached hydrogen (secondary N) is 1. The van der Waals surface area contributed by atoms with E-state index in [4.69, 9.17) is 10.1 Å². The van der Waals surface area contributed by atoms with E-state index in [9.17, 15) is 9.18 Å². The molecule has 4 aromatic rings. The van der Waals surface area contributed by atoms with Crippen LogP contribution in [0.25, 0.3) is 5.69 Å². The first-order valence-electron chi connectivity index (χ1n) is 10.1. The van der Waals surface area contributed by atoms with Crippen LogP contribution in [0.2, 0.25) is 0 Å². The maximum Gasteiger partial charge on any atom is 0.260 e. The number of imidazole rings is 1. The summed E-state index contributed by atoms with van der Waals surface area (Å²) in [5.74, 6) is 0.243. The Kier molecular flexibility index (Phi) is 5.73. The van der Waals surface area contributed by atoms with Crippen LogP contribution in [0.5, 0.6) is 5.75 Å². The average Bonchev–Trinajstić information content (AvgIpc) is 3.24. The quantitative estimate of drug-likeness (QED) is 0.457. The predicted molar refractivity (Wildman–Crippen MR) is 122 cm³/mol. The largest absolute Gasteiger partial charge is 0.495 e. The summed E-state index contributed by atoms with van der Waals surface area (Å²) in [5, 5.41) is 8.70. The molecule has 0 fully saturated rings. The lowest BCUT2D eigenvalue weighted by molar-refractivity contribution is 0.413. The molecule has 0 aliphatic carbocycles. The molecule has 0 amide bonds. The zero-order valence-corrected chi connectivity index (χ0v) is 18.0. The topological polar surface area (TPSA) is 72.9 Å². The van der Waals surface area contributed by atoms with Gasteiger partial charge in [-0.25, -0.2) is 9.37 Å². The molecular weight excluding hydrogens is 407 g/mol. The lowest BCUT2D eigenvalue weighted by Crippen LogP contribution is -2.28. The molecule has 0 saturated heterocycles. The first kappa shape index (κ1) is 21.2. The minimum atomic E-state index is -0.327. The number of rotatable bonds is 6. The van der Waals surface area contributed by atoms with Crippen molar-refractivity contribution in [2.24, 2.45) is 0 Å². The molecule has 2 aromatic heterocycles. The van der Waals surface area contributed by atoms with E-state index in [1.54, 1.807) is 60.6 Å². The van der Waals surface area contributed by atoms with Gasteiger partial charge >= 0.3 is 0 Å². The van der Waals surface area contributed by atoms with Gasteiger partial charge < -0.3 is 13.9 Å². The molecule has 0 saturated carbocycles. The van der Waals surface area contributed by atoms with Crippen molar-refractivity contribution in [3.8, 4) is 11.4 Å². The smallest absolute Gasteiger partial charge is 0.260 e. The maximum atomic E-state index is 13.3. The fourth-order valence-corrected chi connectivity index (χ4v) is 3.66. The number of methoxy groups -OCH3 is 1. The summed E-state index contributed by atoms with van der Waals surface area (Å²) < 4.78 is 22.2. The Hall–Kier alpha value is -4.00. The second-order valence-electron chi connectivity index (χ2n) is 7.55. The second kappa shape index (κ2) is 8.63. The Labute approximate surface area is 185 Å². The number of aromatic nitrogens is 3. The van der Waals surface area contributed by atoms with Crippen molar-refractivity contribution in [3.05, 3.63) is 112 Å². The van der Waals surface area contributed by atoms with Crippen LogP contribution >= 0.6 is 0 Å². The van der Waals surface area contributed by atoms with Crippen molar-refractivity contribution < 1.29 is 9.13 Å². The number of halogens is 1. The van der Waals surface area contributed by atoms with Gasteiger partial charge in [0.25, 0.3) is 5.56 Å². The molecule has 0 aliphatic rings. The lowest BCUT2D eigenvalue weighted by Gasteiger charge is -2.17. The number of aryl methyl sites for hydroxylation is 1. The number of hydrogen-bond donors (Lipinski definition) is 1. The number of hydrogen-bond acceptors (Lipinski definition) is 4. The number of nitrogens with zero attached hydrogens (tertiary/aromatic N) is 3. The molecule has 1 N–H and O–H groups in total. The Morgan fingerprint density at radius 3 is 2.56 bits per heavy atom. The average molecular weight is 430 g/mol. The van der Waals surface area contributed by atoms with Gasteiger partial charge in [-0.2, -0.15) is 0 Å². The minimum absolute atomic E-state index is 0.0994. The van der Waals surface area contributed by atoms with Crippen molar-refractivity contribution >= 4 is 5.71 Å². The van der Waals surface area contributed by atoms with Gasteiger partial charge in [0.05, 0.1) is 42.1 Å². The summed E-state index contributed by atoms with van der Waals surface area (Å²) in [4.78, 5) is 17.5. The van der Waals surface area contributed by atoms with Gasteiger partial charge in [-0.3, -0.25) is 10.2 Å². The van der Waals surface area contributed by atoms with Gasteiger partial charge in [0.2, 0.25) is 0 Å². The second-order valence-corrected chi connectivity index (χ2v) is 7.55. The van der Waals surface area contributed by atoms with E-state index < -0.39 is 0 Å². The molecule has 0 radical (unpaired) electrons. The van der Waals surface area contributed by atoms with Gasteiger partial charge in [0.15, 0.2) is 0 Å². The van der Waals surface area contributed by atoms with Gasteiger partial charge in [0.1, 0.15) is 11.6 Å². The molecule has 2 heterocycles. The zero-order valence-electron chi connectivity index (χ0n) is 18.0. The van der Waals surface area contributed by atoms with Crippen molar-refractivity contribution in [1.82, 2.24) is 14.1 Å². The third-order valence-electron chi connectivity index (χ3n) is 5.47. The van der Waals surface area contributed by atoms with E-state index in [2.05, 4.69) is 4.98 Å². The Balaban J connectivity index is 1.70. The van der Waals surface area contributed by atoms with E-state index in [-0.39, 0.29) is 28.7 Å². The Morgan fingerprint density at radius 1 is 1.16 bits per heavy atom. The number of benzene rings is 2. The van der Waals surface area contributed by atoms with E-state index in [0.717, 1.165) is 16.9 Å². The predicted octanol–water partition coefficient (Wildman–Crippen LogP) is 4.52. The van der Waals surface area contributed by atoms with Gasteiger partial charge in [0, 0.05) is 18.0 Å². The maximum absolute atomic E-state index is 13.3. The van der Waals surface area contributed by atoms with Crippen LogP contribution in [0.4, 0.5) is 4.39 Å². The lowest BCUT2D eigenvalue weighted by atomic mass is 10.0. The molecule has 32 heavy (non-hydrogen) atoms. The summed E-state index contributed by atoms with van der Waals surface area (Å²) in [6.45, 7) is 3.77. The van der Waals surface area contributed by atoms with E-state index in [0.29, 0.717) is 11.3 Å². The monoisotopic (exact) mass is 430 g/mol. The van der Waals surface area contributed by atoms with Crippen LogP contribution < -0.4 is 10.3 Å². The summed E-state index contributed by atoms with van der Waals surface area (Å²) in [5.41, 5.74) is 3.12. The SMILES string of the molecule is COc1cc(C(=N)c2cccn(C(C)c3ccc(F)cc3)c2=O)ccc1-n1cnc(C)c1. The van der Waals surface area contributed by atoms with Gasteiger partial charge in [-0.15, -0.1) is 0 Å². The molecular formula is C25H23FN4O2. The third kappa shape index (κ3) is 3.97. The molecule has 0 spiro atoms. The summed E-state index contributed by atoms with van der Waals surface area (Å²) in [7, 11) is 1.57.